The quantitative estimate of drug-likeness (QED) is 0.609. The Kier molecular flexibility index (Phi) is 6.73. The molecule has 1 aliphatic rings. The van der Waals surface area contributed by atoms with Gasteiger partial charge in [0, 0.05) is 43.0 Å². The zero-order chi connectivity index (χ0) is 21.8. The highest BCUT2D eigenvalue weighted by Crippen LogP contribution is 2.29. The van der Waals surface area contributed by atoms with E-state index in [1.807, 2.05) is 30.3 Å². The summed E-state index contributed by atoms with van der Waals surface area (Å²) in [7, 11) is 0. The normalized spacial score (nSPS) is 15.2. The van der Waals surface area contributed by atoms with Crippen LogP contribution in [0.1, 0.15) is 53.1 Å². The van der Waals surface area contributed by atoms with Gasteiger partial charge in [-0.05, 0) is 56.9 Å². The summed E-state index contributed by atoms with van der Waals surface area (Å²) < 4.78 is 8.10. The van der Waals surface area contributed by atoms with Crippen LogP contribution in [0, 0.1) is 13.8 Å². The van der Waals surface area contributed by atoms with Gasteiger partial charge < -0.3 is 9.84 Å². The highest BCUT2D eigenvalue weighted by molar-refractivity contribution is 5.39. The van der Waals surface area contributed by atoms with Gasteiger partial charge in [0.25, 0.3) is 0 Å². The van der Waals surface area contributed by atoms with Gasteiger partial charge >= 0.3 is 0 Å². The summed E-state index contributed by atoms with van der Waals surface area (Å²) in [6.45, 7) is 10.5. The molecule has 2 aromatic carbocycles. The molecule has 1 aromatic heterocycles. The summed E-state index contributed by atoms with van der Waals surface area (Å²) >= 11 is 0. The fourth-order valence-corrected chi connectivity index (χ4v) is 4.42. The van der Waals surface area contributed by atoms with Gasteiger partial charge in [0.1, 0.15) is 12.4 Å². The number of hydrogen-bond acceptors (Lipinski definition) is 4. The molecule has 5 heteroatoms. The Morgan fingerprint density at radius 3 is 2.68 bits per heavy atom. The van der Waals surface area contributed by atoms with Crippen LogP contribution in [0.2, 0.25) is 0 Å². The summed E-state index contributed by atoms with van der Waals surface area (Å²) in [5, 5.41) is 15.5. The van der Waals surface area contributed by atoms with Crippen LogP contribution in [-0.2, 0) is 26.1 Å². The maximum atomic E-state index is 10.8. The second kappa shape index (κ2) is 9.67. The third kappa shape index (κ3) is 5.00. The van der Waals surface area contributed by atoms with Gasteiger partial charge in [0.2, 0.25) is 0 Å². The van der Waals surface area contributed by atoms with Crippen LogP contribution in [0.15, 0.2) is 48.5 Å². The molecule has 0 bridgehead atoms. The molecule has 3 aromatic rings. The van der Waals surface area contributed by atoms with Gasteiger partial charge in [-0.3, -0.25) is 9.58 Å². The third-order valence-electron chi connectivity index (χ3n) is 6.29. The first-order valence-corrected chi connectivity index (χ1v) is 11.3. The van der Waals surface area contributed by atoms with Crippen LogP contribution < -0.4 is 4.74 Å². The third-order valence-corrected chi connectivity index (χ3v) is 6.29. The second-order valence-corrected chi connectivity index (χ2v) is 8.43. The summed E-state index contributed by atoms with van der Waals surface area (Å²) in [6.07, 6.45) is 1.10. The fourth-order valence-electron chi connectivity index (χ4n) is 4.42. The smallest absolute Gasteiger partial charge is 0.123 e. The Morgan fingerprint density at radius 1 is 1.13 bits per heavy atom. The van der Waals surface area contributed by atoms with Gasteiger partial charge in [-0.15, -0.1) is 0 Å². The minimum Gasteiger partial charge on any atom is -0.492 e. The summed E-state index contributed by atoms with van der Waals surface area (Å²) in [4.78, 5) is 2.42. The highest BCUT2D eigenvalue weighted by Gasteiger charge is 2.20. The van der Waals surface area contributed by atoms with Gasteiger partial charge in [0.15, 0.2) is 0 Å². The zero-order valence-corrected chi connectivity index (χ0v) is 18.8. The molecule has 4 rings (SSSR count). The van der Waals surface area contributed by atoms with Crippen LogP contribution in [-0.4, -0.2) is 32.9 Å². The van der Waals surface area contributed by atoms with Crippen LogP contribution in [0.3, 0.4) is 0 Å². The number of fused-ring (bicyclic) bond motifs is 1. The Balaban J connectivity index is 1.47. The van der Waals surface area contributed by atoms with Crippen LogP contribution >= 0.6 is 0 Å². The van der Waals surface area contributed by atoms with Crippen LogP contribution in [0.5, 0.6) is 5.75 Å². The van der Waals surface area contributed by atoms with Gasteiger partial charge in [0.05, 0.1) is 11.8 Å². The molecule has 1 unspecified atom stereocenters. The summed E-state index contributed by atoms with van der Waals surface area (Å²) in [5.74, 6) is 0.930. The maximum absolute atomic E-state index is 10.8. The Hall–Kier alpha value is -2.63. The largest absolute Gasteiger partial charge is 0.492 e. The molecule has 164 valence electrons. The number of hydrogen-bond donors (Lipinski definition) is 1. The number of aliphatic hydroxyl groups excluding tert-OH is 1. The minimum absolute atomic E-state index is 0.477. The van der Waals surface area contributed by atoms with Crippen molar-refractivity contribution >= 4 is 0 Å². The van der Waals surface area contributed by atoms with Crippen molar-refractivity contribution in [3.63, 3.8) is 0 Å². The van der Waals surface area contributed by atoms with E-state index in [4.69, 9.17) is 4.74 Å². The van der Waals surface area contributed by atoms with Crippen molar-refractivity contribution < 1.29 is 9.84 Å². The first-order valence-electron chi connectivity index (χ1n) is 11.3. The number of aliphatic hydroxyl groups is 1. The number of aryl methyl sites for hydroxylation is 3. The van der Waals surface area contributed by atoms with Crippen molar-refractivity contribution in [3.8, 4) is 5.75 Å². The zero-order valence-electron chi connectivity index (χ0n) is 18.8. The van der Waals surface area contributed by atoms with Crippen LogP contribution in [0.25, 0.3) is 0 Å². The monoisotopic (exact) mass is 419 g/mol. The predicted octanol–water partition coefficient (Wildman–Crippen LogP) is 4.58. The SMILES string of the molecule is CCn1nc(C)c(CN2CCOc3ccc(C(O)CCc4ccccc4)cc3C2)c1C. The second-order valence-electron chi connectivity index (χ2n) is 8.43. The molecule has 0 saturated carbocycles. The Labute approximate surface area is 185 Å². The topological polar surface area (TPSA) is 50.5 Å². The molecule has 1 N–H and O–H groups in total. The molecule has 0 aliphatic carbocycles. The molecule has 1 atom stereocenters. The van der Waals surface area contributed by atoms with Gasteiger partial charge in [-0.25, -0.2) is 0 Å². The Bertz CT molecular complexity index is 1010. The molecule has 0 saturated heterocycles. The first kappa shape index (κ1) is 21.6. The van der Waals surface area contributed by atoms with Crippen molar-refractivity contribution in [2.75, 3.05) is 13.2 Å². The minimum atomic E-state index is -0.477. The molecule has 0 radical (unpaired) electrons. The number of nitrogens with zero attached hydrogens (tertiary/aromatic N) is 3. The van der Waals surface area contributed by atoms with E-state index in [1.165, 1.54) is 16.8 Å². The lowest BCUT2D eigenvalue weighted by Crippen LogP contribution is -2.25. The molecular formula is C26H33N3O2. The maximum Gasteiger partial charge on any atom is 0.123 e. The number of aromatic nitrogens is 2. The number of benzene rings is 2. The Morgan fingerprint density at radius 2 is 1.94 bits per heavy atom. The molecule has 0 amide bonds. The average molecular weight is 420 g/mol. The fraction of sp³-hybridized carbons (Fsp3) is 0.423. The van der Waals surface area contributed by atoms with E-state index >= 15 is 0 Å². The summed E-state index contributed by atoms with van der Waals surface area (Å²) in [6, 6.07) is 16.5. The van der Waals surface area contributed by atoms with Crippen LogP contribution in [0.4, 0.5) is 0 Å². The highest BCUT2D eigenvalue weighted by atomic mass is 16.5. The van der Waals surface area contributed by atoms with E-state index in [0.717, 1.165) is 55.2 Å². The summed E-state index contributed by atoms with van der Waals surface area (Å²) in [5.41, 5.74) is 7.03. The first-order chi connectivity index (χ1) is 15.0. The van der Waals surface area contributed by atoms with Crippen molar-refractivity contribution in [2.45, 2.75) is 59.4 Å². The molecule has 0 fully saturated rings. The molecule has 1 aliphatic heterocycles. The van der Waals surface area contributed by atoms with Crippen molar-refractivity contribution in [1.82, 2.24) is 14.7 Å². The lowest BCUT2D eigenvalue weighted by molar-refractivity contribution is 0.167. The molecule has 31 heavy (non-hydrogen) atoms. The van der Waals surface area contributed by atoms with E-state index < -0.39 is 6.10 Å². The van der Waals surface area contributed by atoms with E-state index in [2.05, 4.69) is 53.7 Å². The predicted molar refractivity (Wildman–Crippen MR) is 123 cm³/mol. The van der Waals surface area contributed by atoms with Gasteiger partial charge in [-0.2, -0.15) is 5.10 Å². The van der Waals surface area contributed by atoms with E-state index in [1.54, 1.807) is 0 Å². The number of ether oxygens (including phenoxy) is 1. The van der Waals surface area contributed by atoms with Crippen molar-refractivity contribution in [1.29, 1.82) is 0 Å². The van der Waals surface area contributed by atoms with Crippen molar-refractivity contribution in [2.24, 2.45) is 0 Å². The molecule has 5 nitrogen and oxygen atoms in total. The molecular weight excluding hydrogens is 386 g/mol. The lowest BCUT2D eigenvalue weighted by atomic mass is 9.99. The number of rotatable bonds is 7. The van der Waals surface area contributed by atoms with Crippen molar-refractivity contribution in [3.05, 3.63) is 82.2 Å². The molecule has 2 heterocycles. The van der Waals surface area contributed by atoms with E-state index in [0.29, 0.717) is 13.0 Å². The van der Waals surface area contributed by atoms with E-state index in [-0.39, 0.29) is 0 Å². The van der Waals surface area contributed by atoms with E-state index in [9.17, 15) is 5.11 Å². The average Bonchev–Trinajstić information content (AvgIpc) is 2.94. The standard InChI is InChI=1S/C26H33N3O2/c1-4-29-20(3)24(19(2)27-29)18-28-14-15-31-26-13-11-22(16-23(26)17-28)25(30)12-10-21-8-6-5-7-9-21/h5-9,11,13,16,25,30H,4,10,12,14-15,17-18H2,1-3H3. The lowest BCUT2D eigenvalue weighted by Gasteiger charge is -2.20. The molecule has 0 spiro atoms. The van der Waals surface area contributed by atoms with Gasteiger partial charge in [-0.1, -0.05) is 36.4 Å².